The van der Waals surface area contributed by atoms with Crippen LogP contribution in [0.3, 0.4) is 0 Å². The fourth-order valence-electron chi connectivity index (χ4n) is 2.68. The summed E-state index contributed by atoms with van der Waals surface area (Å²) >= 11 is 6.18. The molecule has 1 saturated heterocycles. The average molecular weight is 293 g/mol. The minimum Gasteiger partial charge on any atom is -0.367 e. The molecule has 1 aromatic carbocycles. The maximum atomic E-state index is 11.6. The minimum absolute atomic E-state index is 0.0115. The van der Waals surface area contributed by atoms with E-state index < -0.39 is 0 Å². The van der Waals surface area contributed by atoms with Crippen molar-refractivity contribution in [1.29, 1.82) is 0 Å². The van der Waals surface area contributed by atoms with Crippen molar-refractivity contribution in [2.24, 2.45) is 0 Å². The van der Waals surface area contributed by atoms with Gasteiger partial charge in [-0.1, -0.05) is 11.6 Å². The van der Waals surface area contributed by atoms with E-state index in [1.165, 1.54) is 5.39 Å². The summed E-state index contributed by atoms with van der Waals surface area (Å²) in [7, 11) is 1.66. The third-order valence-electron chi connectivity index (χ3n) is 3.73. The molecule has 20 heavy (non-hydrogen) atoms. The molecule has 0 spiro atoms. The lowest BCUT2D eigenvalue weighted by molar-refractivity contribution is 0.196. The standard InChI is InChI=1S/C14H17ClN4O/c1-16-14(20)19-6-4-18(5-7-19)13-9-10(15)8-12-11(13)2-3-17-12/h2-3,8-9,17H,4-7H2,1H3,(H,16,20). The summed E-state index contributed by atoms with van der Waals surface area (Å²) in [5.74, 6) is 0. The van der Waals surface area contributed by atoms with Gasteiger partial charge in [0, 0.05) is 61.0 Å². The number of benzene rings is 1. The number of aromatic amines is 1. The van der Waals surface area contributed by atoms with Gasteiger partial charge in [0.15, 0.2) is 0 Å². The van der Waals surface area contributed by atoms with Gasteiger partial charge >= 0.3 is 6.03 Å². The highest BCUT2D eigenvalue weighted by Crippen LogP contribution is 2.30. The number of hydrogen-bond acceptors (Lipinski definition) is 2. The van der Waals surface area contributed by atoms with E-state index in [-0.39, 0.29) is 6.03 Å². The molecule has 6 heteroatoms. The maximum absolute atomic E-state index is 11.6. The van der Waals surface area contributed by atoms with Gasteiger partial charge in [-0.3, -0.25) is 0 Å². The molecule has 1 aromatic heterocycles. The van der Waals surface area contributed by atoms with Crippen molar-refractivity contribution in [2.75, 3.05) is 38.1 Å². The van der Waals surface area contributed by atoms with Crippen molar-refractivity contribution in [3.63, 3.8) is 0 Å². The van der Waals surface area contributed by atoms with Gasteiger partial charge in [0.05, 0.1) is 0 Å². The molecular weight excluding hydrogens is 276 g/mol. The Morgan fingerprint density at radius 1 is 1.30 bits per heavy atom. The van der Waals surface area contributed by atoms with E-state index in [2.05, 4.69) is 21.3 Å². The molecule has 0 atom stereocenters. The summed E-state index contributed by atoms with van der Waals surface area (Å²) in [5, 5.41) is 4.56. The van der Waals surface area contributed by atoms with Crippen molar-refractivity contribution < 1.29 is 4.79 Å². The molecule has 2 aromatic rings. The molecule has 0 aliphatic carbocycles. The lowest BCUT2D eigenvalue weighted by Crippen LogP contribution is -2.51. The van der Waals surface area contributed by atoms with Crippen molar-refractivity contribution in [1.82, 2.24) is 15.2 Å². The zero-order valence-corrected chi connectivity index (χ0v) is 12.1. The predicted octanol–water partition coefficient (Wildman–Crippen LogP) is 2.28. The number of anilines is 1. The molecule has 1 aliphatic rings. The summed E-state index contributed by atoms with van der Waals surface area (Å²) in [6.45, 7) is 3.07. The Bertz CT molecular complexity index is 631. The number of urea groups is 1. The monoisotopic (exact) mass is 292 g/mol. The molecule has 0 unspecified atom stereocenters. The lowest BCUT2D eigenvalue weighted by atomic mass is 10.1. The number of carbonyl (C=O) groups excluding carboxylic acids is 1. The second-order valence-corrected chi connectivity index (χ2v) is 5.33. The first kappa shape index (κ1) is 13.1. The van der Waals surface area contributed by atoms with Crippen molar-refractivity contribution >= 4 is 34.2 Å². The number of rotatable bonds is 1. The van der Waals surface area contributed by atoms with Crippen LogP contribution in [-0.4, -0.2) is 49.1 Å². The van der Waals surface area contributed by atoms with Crippen LogP contribution in [0, 0.1) is 0 Å². The Labute approximate surface area is 122 Å². The maximum Gasteiger partial charge on any atom is 0.317 e. The van der Waals surface area contributed by atoms with E-state index in [1.807, 2.05) is 23.2 Å². The Morgan fingerprint density at radius 3 is 2.75 bits per heavy atom. The number of nitrogens with zero attached hydrogens (tertiary/aromatic N) is 2. The molecule has 2 amide bonds. The van der Waals surface area contributed by atoms with Crippen LogP contribution in [0.5, 0.6) is 0 Å². The number of piperazine rings is 1. The Hall–Kier alpha value is -1.88. The Kier molecular flexibility index (Phi) is 3.44. The van der Waals surface area contributed by atoms with Gasteiger partial charge in [-0.2, -0.15) is 0 Å². The topological polar surface area (TPSA) is 51.4 Å². The van der Waals surface area contributed by atoms with Gasteiger partial charge in [-0.15, -0.1) is 0 Å². The van der Waals surface area contributed by atoms with Crippen LogP contribution < -0.4 is 10.2 Å². The number of halogens is 1. The number of aromatic nitrogens is 1. The van der Waals surface area contributed by atoms with Crippen LogP contribution >= 0.6 is 11.6 Å². The smallest absolute Gasteiger partial charge is 0.317 e. The largest absolute Gasteiger partial charge is 0.367 e. The molecule has 5 nitrogen and oxygen atoms in total. The molecule has 0 bridgehead atoms. The van der Waals surface area contributed by atoms with Gasteiger partial charge in [-0.25, -0.2) is 4.79 Å². The molecule has 1 fully saturated rings. The number of nitrogens with one attached hydrogen (secondary N) is 2. The molecule has 0 radical (unpaired) electrons. The van der Waals surface area contributed by atoms with Crippen LogP contribution in [0.25, 0.3) is 10.9 Å². The number of H-pyrrole nitrogens is 1. The van der Waals surface area contributed by atoms with E-state index in [0.29, 0.717) is 0 Å². The summed E-state index contributed by atoms with van der Waals surface area (Å²) in [6.07, 6.45) is 1.92. The van der Waals surface area contributed by atoms with Crippen LogP contribution in [0.15, 0.2) is 24.4 Å². The molecule has 3 rings (SSSR count). The number of amides is 2. The number of fused-ring (bicyclic) bond motifs is 1. The van der Waals surface area contributed by atoms with E-state index in [0.717, 1.165) is 42.4 Å². The molecule has 2 N–H and O–H groups in total. The normalized spacial score (nSPS) is 15.7. The molecule has 106 valence electrons. The molecule has 2 heterocycles. The van der Waals surface area contributed by atoms with E-state index in [9.17, 15) is 4.79 Å². The van der Waals surface area contributed by atoms with Crippen molar-refractivity contribution in [2.45, 2.75) is 0 Å². The average Bonchev–Trinajstić information content (AvgIpc) is 2.94. The van der Waals surface area contributed by atoms with E-state index in [1.54, 1.807) is 7.05 Å². The second kappa shape index (κ2) is 5.25. The Morgan fingerprint density at radius 2 is 2.05 bits per heavy atom. The molecular formula is C14H17ClN4O. The molecule has 0 saturated carbocycles. The zero-order chi connectivity index (χ0) is 14.1. The van der Waals surface area contributed by atoms with Crippen molar-refractivity contribution in [3.05, 3.63) is 29.4 Å². The minimum atomic E-state index is -0.0115. The van der Waals surface area contributed by atoms with E-state index in [4.69, 9.17) is 11.6 Å². The van der Waals surface area contributed by atoms with Gasteiger partial charge < -0.3 is 20.1 Å². The van der Waals surface area contributed by atoms with Crippen LogP contribution in [-0.2, 0) is 0 Å². The highest BCUT2D eigenvalue weighted by Gasteiger charge is 2.21. The summed E-state index contributed by atoms with van der Waals surface area (Å²) in [5.41, 5.74) is 2.17. The first-order valence-corrected chi connectivity index (χ1v) is 7.05. The van der Waals surface area contributed by atoms with Crippen molar-refractivity contribution in [3.8, 4) is 0 Å². The van der Waals surface area contributed by atoms with Gasteiger partial charge in [0.25, 0.3) is 0 Å². The quantitative estimate of drug-likeness (QED) is 0.847. The first-order valence-electron chi connectivity index (χ1n) is 6.67. The van der Waals surface area contributed by atoms with Gasteiger partial charge in [0.1, 0.15) is 0 Å². The third kappa shape index (κ3) is 2.29. The number of carbonyl (C=O) groups is 1. The number of hydrogen-bond donors (Lipinski definition) is 2. The van der Waals surface area contributed by atoms with Gasteiger partial charge in [-0.05, 0) is 18.2 Å². The first-order chi connectivity index (χ1) is 9.69. The van der Waals surface area contributed by atoms with Crippen LogP contribution in [0.1, 0.15) is 0 Å². The van der Waals surface area contributed by atoms with Crippen LogP contribution in [0.2, 0.25) is 5.02 Å². The highest BCUT2D eigenvalue weighted by atomic mass is 35.5. The highest BCUT2D eigenvalue weighted by molar-refractivity contribution is 6.31. The fraction of sp³-hybridized carbons (Fsp3) is 0.357. The lowest BCUT2D eigenvalue weighted by Gasteiger charge is -2.36. The Balaban J connectivity index is 1.83. The van der Waals surface area contributed by atoms with Gasteiger partial charge in [0.2, 0.25) is 0 Å². The zero-order valence-electron chi connectivity index (χ0n) is 11.3. The summed E-state index contributed by atoms with van der Waals surface area (Å²) in [4.78, 5) is 18.9. The predicted molar refractivity (Wildman–Crippen MR) is 81.6 cm³/mol. The van der Waals surface area contributed by atoms with E-state index >= 15 is 0 Å². The van der Waals surface area contributed by atoms with Crippen LogP contribution in [0.4, 0.5) is 10.5 Å². The summed E-state index contributed by atoms with van der Waals surface area (Å²) in [6, 6.07) is 5.98. The molecule has 1 aliphatic heterocycles. The fourth-order valence-corrected chi connectivity index (χ4v) is 2.90. The SMILES string of the molecule is CNC(=O)N1CCN(c2cc(Cl)cc3[nH]ccc23)CC1. The second-order valence-electron chi connectivity index (χ2n) is 4.89. The third-order valence-corrected chi connectivity index (χ3v) is 3.95. The summed E-state index contributed by atoms with van der Waals surface area (Å²) < 4.78 is 0.